The zero-order chi connectivity index (χ0) is 23.7. The second-order valence-corrected chi connectivity index (χ2v) is 8.14. The number of hydrogen-bond acceptors (Lipinski definition) is 5. The standard InChI is InChI=1S/C22H21F3N8O/c23-22(24,25)17(6-8-27-21(34)32-15-2-3-15)13-1-4-18(28-9-13)33-11-14(10-31-33)16-5-7-26-20-19(16)29-12-30-20/h1,4-5,7,9-12,15,17H,2-3,6,8H2,(H,26,29,30)(H2,27,32,34). The van der Waals surface area contributed by atoms with Crippen molar-refractivity contribution in [1.82, 2.24) is 40.3 Å². The molecule has 3 N–H and O–H groups in total. The molecule has 5 rings (SSSR count). The number of nitrogens with zero attached hydrogens (tertiary/aromatic N) is 5. The first-order valence-electron chi connectivity index (χ1n) is 10.8. The number of carbonyl (C=O) groups is 1. The molecule has 1 atom stereocenters. The van der Waals surface area contributed by atoms with Crippen LogP contribution in [-0.4, -0.2) is 54.5 Å². The Hall–Kier alpha value is -3.96. The number of halogens is 3. The fourth-order valence-electron chi connectivity index (χ4n) is 3.72. The Morgan fingerprint density at radius 2 is 2.03 bits per heavy atom. The molecule has 4 aromatic heterocycles. The second-order valence-electron chi connectivity index (χ2n) is 8.14. The molecular formula is C22H21F3N8O. The van der Waals surface area contributed by atoms with Gasteiger partial charge in [0.1, 0.15) is 5.52 Å². The summed E-state index contributed by atoms with van der Waals surface area (Å²) in [5.41, 5.74) is 2.96. The maximum absolute atomic E-state index is 13.7. The number of amides is 2. The molecule has 9 nitrogen and oxygen atoms in total. The predicted molar refractivity (Wildman–Crippen MR) is 117 cm³/mol. The fraction of sp³-hybridized carbons (Fsp3) is 0.318. The molecule has 34 heavy (non-hydrogen) atoms. The maximum atomic E-state index is 13.7. The number of nitrogens with one attached hydrogen (secondary N) is 3. The molecule has 0 spiro atoms. The van der Waals surface area contributed by atoms with E-state index in [1.165, 1.54) is 23.0 Å². The van der Waals surface area contributed by atoms with E-state index in [1.807, 2.05) is 6.07 Å². The van der Waals surface area contributed by atoms with Gasteiger partial charge in [-0.05, 0) is 37.0 Å². The van der Waals surface area contributed by atoms with Crippen LogP contribution in [-0.2, 0) is 0 Å². The summed E-state index contributed by atoms with van der Waals surface area (Å²) in [7, 11) is 0. The van der Waals surface area contributed by atoms with Crippen molar-refractivity contribution in [1.29, 1.82) is 0 Å². The predicted octanol–water partition coefficient (Wildman–Crippen LogP) is 3.70. The fourth-order valence-corrected chi connectivity index (χ4v) is 3.72. The molecular weight excluding hydrogens is 449 g/mol. The zero-order valence-electron chi connectivity index (χ0n) is 17.9. The third kappa shape index (κ3) is 4.70. The first-order valence-corrected chi connectivity index (χ1v) is 10.8. The molecule has 1 aliphatic rings. The number of H-pyrrole nitrogens is 1. The highest BCUT2D eigenvalue weighted by atomic mass is 19.4. The van der Waals surface area contributed by atoms with Crippen LogP contribution in [0.5, 0.6) is 0 Å². The van der Waals surface area contributed by atoms with Gasteiger partial charge in [0, 0.05) is 42.3 Å². The molecule has 4 heterocycles. The van der Waals surface area contributed by atoms with Crippen LogP contribution in [0.2, 0.25) is 0 Å². The Bertz CT molecular complexity index is 1290. The highest BCUT2D eigenvalue weighted by molar-refractivity contribution is 5.88. The number of fused-ring (bicyclic) bond motifs is 1. The van der Waals surface area contributed by atoms with Gasteiger partial charge in [-0.3, -0.25) is 0 Å². The van der Waals surface area contributed by atoms with Gasteiger partial charge in [-0.1, -0.05) is 6.07 Å². The van der Waals surface area contributed by atoms with Gasteiger partial charge in [-0.25, -0.2) is 24.4 Å². The molecule has 1 unspecified atom stereocenters. The molecule has 0 aromatic carbocycles. The number of carbonyl (C=O) groups excluding carboxylic acids is 1. The Morgan fingerprint density at radius 1 is 1.18 bits per heavy atom. The van der Waals surface area contributed by atoms with Crippen molar-refractivity contribution in [3.05, 3.63) is 54.9 Å². The van der Waals surface area contributed by atoms with E-state index in [1.54, 1.807) is 24.9 Å². The van der Waals surface area contributed by atoms with Crippen molar-refractivity contribution in [2.75, 3.05) is 6.54 Å². The topological polar surface area (TPSA) is 113 Å². The smallest absolute Gasteiger partial charge is 0.338 e. The maximum Gasteiger partial charge on any atom is 0.395 e. The number of pyridine rings is 2. The van der Waals surface area contributed by atoms with E-state index in [2.05, 4.69) is 35.7 Å². The molecule has 1 fully saturated rings. The first-order chi connectivity index (χ1) is 16.4. The summed E-state index contributed by atoms with van der Waals surface area (Å²) in [5.74, 6) is -1.36. The Labute approximate surface area is 191 Å². The lowest BCUT2D eigenvalue weighted by molar-refractivity contribution is -0.151. The van der Waals surface area contributed by atoms with Crippen LogP contribution in [0.15, 0.2) is 49.3 Å². The van der Waals surface area contributed by atoms with E-state index in [4.69, 9.17) is 0 Å². The SMILES string of the molecule is O=C(NCCC(c1ccc(-n2cc(-c3ccnc4[nH]cnc34)cn2)nc1)C(F)(F)F)NC1CC1. The minimum absolute atomic E-state index is 0.0281. The van der Waals surface area contributed by atoms with Gasteiger partial charge < -0.3 is 15.6 Å². The Balaban J connectivity index is 1.30. The molecule has 0 bridgehead atoms. The van der Waals surface area contributed by atoms with Gasteiger partial charge in [-0.2, -0.15) is 18.3 Å². The van der Waals surface area contributed by atoms with Crippen molar-refractivity contribution >= 4 is 17.2 Å². The monoisotopic (exact) mass is 470 g/mol. The molecule has 4 aromatic rings. The van der Waals surface area contributed by atoms with Gasteiger partial charge in [0.05, 0.1) is 18.4 Å². The summed E-state index contributed by atoms with van der Waals surface area (Å²) in [4.78, 5) is 27.3. The molecule has 1 saturated carbocycles. The average molecular weight is 470 g/mol. The molecule has 0 saturated heterocycles. The van der Waals surface area contributed by atoms with Gasteiger partial charge in [0.2, 0.25) is 0 Å². The summed E-state index contributed by atoms with van der Waals surface area (Å²) in [6.07, 6.45) is 4.85. The van der Waals surface area contributed by atoms with E-state index in [-0.39, 0.29) is 24.6 Å². The van der Waals surface area contributed by atoms with Crippen molar-refractivity contribution in [3.63, 3.8) is 0 Å². The van der Waals surface area contributed by atoms with Gasteiger partial charge in [0.15, 0.2) is 11.5 Å². The van der Waals surface area contributed by atoms with E-state index >= 15 is 0 Å². The summed E-state index contributed by atoms with van der Waals surface area (Å²) < 4.78 is 42.5. The van der Waals surface area contributed by atoms with Crippen LogP contribution < -0.4 is 10.6 Å². The first kappa shape index (κ1) is 21.9. The molecule has 12 heteroatoms. The van der Waals surface area contributed by atoms with E-state index in [0.717, 1.165) is 24.0 Å². The van der Waals surface area contributed by atoms with Crippen molar-refractivity contribution < 1.29 is 18.0 Å². The number of rotatable bonds is 7. The van der Waals surface area contributed by atoms with E-state index in [9.17, 15) is 18.0 Å². The Kier molecular flexibility index (Phi) is 5.64. The molecule has 0 radical (unpaired) electrons. The zero-order valence-corrected chi connectivity index (χ0v) is 17.9. The minimum atomic E-state index is -4.47. The van der Waals surface area contributed by atoms with Crippen molar-refractivity contribution in [3.8, 4) is 16.9 Å². The number of urea groups is 1. The molecule has 2 amide bonds. The Morgan fingerprint density at radius 3 is 2.76 bits per heavy atom. The van der Waals surface area contributed by atoms with Crippen molar-refractivity contribution in [2.24, 2.45) is 0 Å². The lowest BCUT2D eigenvalue weighted by Crippen LogP contribution is -2.38. The highest BCUT2D eigenvalue weighted by Crippen LogP contribution is 2.37. The van der Waals surface area contributed by atoms with Gasteiger partial charge >= 0.3 is 12.2 Å². The van der Waals surface area contributed by atoms with Crippen LogP contribution >= 0.6 is 0 Å². The summed E-state index contributed by atoms with van der Waals surface area (Å²) in [6, 6.07) is 4.40. The molecule has 176 valence electrons. The number of alkyl halides is 3. The lowest BCUT2D eigenvalue weighted by atomic mass is 9.96. The van der Waals surface area contributed by atoms with Gasteiger partial charge in [0.25, 0.3) is 0 Å². The van der Waals surface area contributed by atoms with E-state index in [0.29, 0.717) is 17.0 Å². The number of aromatic nitrogens is 6. The number of imidazole rings is 1. The highest BCUT2D eigenvalue weighted by Gasteiger charge is 2.40. The van der Waals surface area contributed by atoms with Crippen LogP contribution in [0.3, 0.4) is 0 Å². The van der Waals surface area contributed by atoms with Crippen molar-refractivity contribution in [2.45, 2.75) is 37.4 Å². The van der Waals surface area contributed by atoms with Crippen LogP contribution in [0.1, 0.15) is 30.7 Å². The molecule has 0 aliphatic heterocycles. The summed E-state index contributed by atoms with van der Waals surface area (Å²) in [6.45, 7) is -0.0966. The van der Waals surface area contributed by atoms with E-state index < -0.39 is 18.1 Å². The number of hydrogen-bond donors (Lipinski definition) is 3. The third-order valence-corrected chi connectivity index (χ3v) is 5.65. The van der Waals surface area contributed by atoms with Crippen LogP contribution in [0, 0.1) is 0 Å². The lowest BCUT2D eigenvalue weighted by Gasteiger charge is -2.21. The van der Waals surface area contributed by atoms with Crippen LogP contribution in [0.4, 0.5) is 18.0 Å². The van der Waals surface area contributed by atoms with Gasteiger partial charge in [-0.15, -0.1) is 0 Å². The largest absolute Gasteiger partial charge is 0.395 e. The summed E-state index contributed by atoms with van der Waals surface area (Å²) in [5, 5.41) is 9.48. The quantitative estimate of drug-likeness (QED) is 0.381. The minimum Gasteiger partial charge on any atom is -0.338 e. The van der Waals surface area contributed by atoms with Crippen LogP contribution in [0.25, 0.3) is 28.1 Å². The normalized spacial score (nSPS) is 14.8. The average Bonchev–Trinajstić information content (AvgIpc) is 3.28. The molecule has 1 aliphatic carbocycles. The number of aromatic amines is 1. The third-order valence-electron chi connectivity index (χ3n) is 5.65. The second kappa shape index (κ2) is 8.76. The summed E-state index contributed by atoms with van der Waals surface area (Å²) >= 11 is 0.